The van der Waals surface area contributed by atoms with Crippen molar-refractivity contribution in [3.8, 4) is 6.07 Å². The molecule has 0 radical (unpaired) electrons. The first-order chi connectivity index (χ1) is 8.29. The van der Waals surface area contributed by atoms with Gasteiger partial charge in [0, 0.05) is 18.8 Å². The summed E-state index contributed by atoms with van der Waals surface area (Å²) in [7, 11) is 0. The Balaban J connectivity index is 1.93. The number of likely N-dealkylation sites (tertiary alicyclic amines) is 1. The molecule has 1 saturated heterocycles. The van der Waals surface area contributed by atoms with Crippen LogP contribution in [0.15, 0.2) is 18.3 Å². The minimum absolute atomic E-state index is 0.337. The summed E-state index contributed by atoms with van der Waals surface area (Å²) >= 11 is 0. The zero-order valence-corrected chi connectivity index (χ0v) is 10.2. The van der Waals surface area contributed by atoms with Crippen LogP contribution in [0.4, 0.5) is 5.69 Å². The molecule has 1 aromatic heterocycles. The lowest BCUT2D eigenvalue weighted by Crippen LogP contribution is -2.33. The summed E-state index contributed by atoms with van der Waals surface area (Å²) in [5.41, 5.74) is 1.31. The van der Waals surface area contributed by atoms with Crippen LogP contribution in [0.5, 0.6) is 0 Å². The van der Waals surface area contributed by atoms with E-state index in [1.165, 1.54) is 25.9 Å². The second kappa shape index (κ2) is 5.65. The highest BCUT2D eigenvalue weighted by Gasteiger charge is 2.15. The van der Waals surface area contributed by atoms with E-state index in [0.717, 1.165) is 12.2 Å². The summed E-state index contributed by atoms with van der Waals surface area (Å²) in [4.78, 5) is 6.50. The van der Waals surface area contributed by atoms with E-state index in [9.17, 15) is 0 Å². The van der Waals surface area contributed by atoms with E-state index in [2.05, 4.69) is 28.2 Å². The van der Waals surface area contributed by atoms with Crippen molar-refractivity contribution in [2.24, 2.45) is 0 Å². The first kappa shape index (κ1) is 11.9. The highest BCUT2D eigenvalue weighted by atomic mass is 15.2. The molecule has 1 N–H and O–H groups in total. The molecule has 0 bridgehead atoms. The number of nitrogens with zero attached hydrogens (tertiary/aromatic N) is 3. The summed E-state index contributed by atoms with van der Waals surface area (Å²) in [5, 5.41) is 12.3. The zero-order valence-electron chi connectivity index (χ0n) is 10.2. The molecule has 1 aliphatic heterocycles. The Morgan fingerprint density at radius 2 is 2.29 bits per heavy atom. The van der Waals surface area contributed by atoms with Crippen molar-refractivity contribution >= 4 is 5.69 Å². The summed E-state index contributed by atoms with van der Waals surface area (Å²) in [5.74, 6) is 0. The predicted molar refractivity (Wildman–Crippen MR) is 67.7 cm³/mol. The van der Waals surface area contributed by atoms with E-state index in [-0.39, 0.29) is 0 Å². The van der Waals surface area contributed by atoms with Gasteiger partial charge in [0.1, 0.15) is 6.07 Å². The molecule has 1 atom stereocenters. The number of pyridine rings is 1. The average Bonchev–Trinajstić information content (AvgIpc) is 2.82. The summed E-state index contributed by atoms with van der Waals surface area (Å²) in [6, 6.07) is 6.21. The Morgan fingerprint density at radius 1 is 1.53 bits per heavy atom. The Hall–Kier alpha value is -1.60. The number of nitrogens with one attached hydrogen (secondary N) is 1. The predicted octanol–water partition coefficient (Wildman–Crippen LogP) is 1.85. The van der Waals surface area contributed by atoms with Gasteiger partial charge in [-0.25, -0.2) is 4.98 Å². The second-order valence-corrected chi connectivity index (χ2v) is 4.56. The molecule has 2 rings (SSSR count). The lowest BCUT2D eigenvalue weighted by atomic mass is 10.2. The molecule has 2 heterocycles. The van der Waals surface area contributed by atoms with Crippen LogP contribution in [-0.4, -0.2) is 35.6 Å². The van der Waals surface area contributed by atoms with Crippen molar-refractivity contribution in [2.75, 3.05) is 25.0 Å². The SMILES string of the molecule is CC(CN1CCCC1)Nc1cccnc1C#N. The smallest absolute Gasteiger partial charge is 0.163 e. The molecule has 4 heteroatoms. The molecule has 1 unspecified atom stereocenters. The summed E-state index contributed by atoms with van der Waals surface area (Å²) in [6.45, 7) is 5.57. The van der Waals surface area contributed by atoms with E-state index in [1.807, 2.05) is 12.1 Å². The van der Waals surface area contributed by atoms with Crippen LogP contribution in [0.25, 0.3) is 0 Å². The molecule has 1 aliphatic rings. The Labute approximate surface area is 102 Å². The monoisotopic (exact) mass is 230 g/mol. The molecule has 1 fully saturated rings. The summed E-state index contributed by atoms with van der Waals surface area (Å²) in [6.07, 6.45) is 4.26. The van der Waals surface area contributed by atoms with Gasteiger partial charge in [-0.2, -0.15) is 5.26 Å². The Kier molecular flexibility index (Phi) is 3.94. The van der Waals surface area contributed by atoms with Gasteiger partial charge in [-0.05, 0) is 45.0 Å². The number of aromatic nitrogens is 1. The number of rotatable bonds is 4. The van der Waals surface area contributed by atoms with Crippen LogP contribution in [0.3, 0.4) is 0 Å². The van der Waals surface area contributed by atoms with Crippen LogP contribution in [0.1, 0.15) is 25.5 Å². The van der Waals surface area contributed by atoms with Gasteiger partial charge in [-0.15, -0.1) is 0 Å². The molecule has 0 amide bonds. The van der Waals surface area contributed by atoms with Gasteiger partial charge >= 0.3 is 0 Å². The van der Waals surface area contributed by atoms with E-state index < -0.39 is 0 Å². The Bertz CT molecular complexity index is 404. The highest BCUT2D eigenvalue weighted by Crippen LogP contribution is 2.14. The number of hydrogen-bond donors (Lipinski definition) is 1. The topological polar surface area (TPSA) is 52.0 Å². The van der Waals surface area contributed by atoms with Crippen molar-refractivity contribution in [1.29, 1.82) is 5.26 Å². The third-order valence-electron chi connectivity index (χ3n) is 3.05. The minimum Gasteiger partial charge on any atom is -0.379 e. The molecular formula is C13H18N4. The molecule has 17 heavy (non-hydrogen) atoms. The largest absolute Gasteiger partial charge is 0.379 e. The number of hydrogen-bond acceptors (Lipinski definition) is 4. The molecule has 4 nitrogen and oxygen atoms in total. The van der Waals surface area contributed by atoms with Crippen molar-refractivity contribution < 1.29 is 0 Å². The highest BCUT2D eigenvalue weighted by molar-refractivity contribution is 5.53. The van der Waals surface area contributed by atoms with E-state index in [0.29, 0.717) is 11.7 Å². The standard InChI is InChI=1S/C13H18N4/c1-11(10-17-7-2-3-8-17)16-12-5-4-6-15-13(12)9-14/h4-6,11,16H,2-3,7-8,10H2,1H3. The van der Waals surface area contributed by atoms with E-state index in [4.69, 9.17) is 5.26 Å². The molecule has 0 aromatic carbocycles. The van der Waals surface area contributed by atoms with Gasteiger partial charge in [0.25, 0.3) is 0 Å². The average molecular weight is 230 g/mol. The van der Waals surface area contributed by atoms with Crippen molar-refractivity contribution in [3.63, 3.8) is 0 Å². The molecule has 1 aromatic rings. The van der Waals surface area contributed by atoms with Crippen LogP contribution < -0.4 is 5.32 Å². The maximum atomic E-state index is 8.95. The number of anilines is 1. The molecule has 90 valence electrons. The quantitative estimate of drug-likeness (QED) is 0.857. The molecule has 0 saturated carbocycles. The fourth-order valence-electron chi connectivity index (χ4n) is 2.27. The number of nitriles is 1. The van der Waals surface area contributed by atoms with Crippen LogP contribution in [-0.2, 0) is 0 Å². The molecule has 0 aliphatic carbocycles. The van der Waals surface area contributed by atoms with Crippen LogP contribution in [0, 0.1) is 11.3 Å². The lowest BCUT2D eigenvalue weighted by molar-refractivity contribution is 0.328. The van der Waals surface area contributed by atoms with Gasteiger partial charge < -0.3 is 10.2 Å². The van der Waals surface area contributed by atoms with Gasteiger partial charge in [-0.3, -0.25) is 0 Å². The maximum absolute atomic E-state index is 8.95. The van der Waals surface area contributed by atoms with Gasteiger partial charge in [0.05, 0.1) is 5.69 Å². The Morgan fingerprint density at radius 3 is 3.00 bits per heavy atom. The lowest BCUT2D eigenvalue weighted by Gasteiger charge is -2.22. The van der Waals surface area contributed by atoms with Crippen molar-refractivity contribution in [1.82, 2.24) is 9.88 Å². The van der Waals surface area contributed by atoms with Crippen molar-refractivity contribution in [3.05, 3.63) is 24.0 Å². The normalized spacial score (nSPS) is 17.6. The van der Waals surface area contributed by atoms with Gasteiger partial charge in [0.2, 0.25) is 0 Å². The van der Waals surface area contributed by atoms with Crippen LogP contribution >= 0.6 is 0 Å². The van der Waals surface area contributed by atoms with E-state index >= 15 is 0 Å². The maximum Gasteiger partial charge on any atom is 0.163 e. The first-order valence-electron chi connectivity index (χ1n) is 6.13. The van der Waals surface area contributed by atoms with Crippen molar-refractivity contribution in [2.45, 2.75) is 25.8 Å². The van der Waals surface area contributed by atoms with Gasteiger partial charge in [0.15, 0.2) is 5.69 Å². The van der Waals surface area contributed by atoms with E-state index in [1.54, 1.807) is 6.20 Å². The third-order valence-corrected chi connectivity index (χ3v) is 3.05. The zero-order chi connectivity index (χ0) is 12.1. The first-order valence-corrected chi connectivity index (χ1v) is 6.13. The fraction of sp³-hybridized carbons (Fsp3) is 0.538. The van der Waals surface area contributed by atoms with Crippen LogP contribution in [0.2, 0.25) is 0 Å². The fourth-order valence-corrected chi connectivity index (χ4v) is 2.27. The molecule has 0 spiro atoms. The minimum atomic E-state index is 0.337. The van der Waals surface area contributed by atoms with Gasteiger partial charge in [-0.1, -0.05) is 0 Å². The second-order valence-electron chi connectivity index (χ2n) is 4.56. The molecular weight excluding hydrogens is 212 g/mol. The summed E-state index contributed by atoms with van der Waals surface area (Å²) < 4.78 is 0. The third kappa shape index (κ3) is 3.18.